The van der Waals surface area contributed by atoms with Crippen molar-refractivity contribution < 1.29 is 18.6 Å². The highest BCUT2D eigenvalue weighted by Gasteiger charge is 2.29. The van der Waals surface area contributed by atoms with Crippen molar-refractivity contribution >= 4 is 0 Å². The van der Waals surface area contributed by atoms with Crippen LogP contribution in [0.5, 0.6) is 0 Å². The first kappa shape index (κ1) is 13.6. The molecule has 0 amide bonds. The summed E-state index contributed by atoms with van der Waals surface area (Å²) in [7, 11) is 1.63. The van der Waals surface area contributed by atoms with Crippen LogP contribution in [0.4, 0.5) is 4.39 Å². The summed E-state index contributed by atoms with van der Waals surface area (Å²) in [6.45, 7) is 2.20. The van der Waals surface area contributed by atoms with Gasteiger partial charge >= 0.3 is 0 Å². The van der Waals surface area contributed by atoms with E-state index in [9.17, 15) is 4.39 Å². The molecule has 1 atom stereocenters. The second kappa shape index (κ2) is 7.76. The molecular weight excluding hydrogens is 211 g/mol. The Labute approximate surface area is 96.6 Å². The van der Waals surface area contributed by atoms with E-state index < -0.39 is 5.67 Å². The SMILES string of the molecule is COCCOCCOC[C@@]1(F)CC=[C]CC1. The van der Waals surface area contributed by atoms with E-state index in [0.29, 0.717) is 45.7 Å². The first-order chi connectivity index (χ1) is 7.77. The second-order valence-corrected chi connectivity index (χ2v) is 3.92. The molecule has 0 spiro atoms. The molecule has 1 radical (unpaired) electrons. The van der Waals surface area contributed by atoms with Crippen LogP contribution in [0.15, 0.2) is 6.08 Å². The predicted octanol–water partition coefficient (Wildman–Crippen LogP) is 1.92. The molecule has 0 aromatic carbocycles. The number of methoxy groups -OCH3 is 1. The van der Waals surface area contributed by atoms with E-state index in [1.807, 2.05) is 0 Å². The number of alkyl halides is 1. The zero-order valence-electron chi connectivity index (χ0n) is 9.84. The lowest BCUT2D eigenvalue weighted by Crippen LogP contribution is -2.31. The maximum atomic E-state index is 13.9. The van der Waals surface area contributed by atoms with E-state index in [1.165, 1.54) is 0 Å². The van der Waals surface area contributed by atoms with Gasteiger partial charge in [0, 0.05) is 13.5 Å². The maximum Gasteiger partial charge on any atom is 0.138 e. The van der Waals surface area contributed by atoms with E-state index in [4.69, 9.17) is 14.2 Å². The third kappa shape index (κ3) is 5.58. The largest absolute Gasteiger partial charge is 0.382 e. The van der Waals surface area contributed by atoms with Crippen molar-refractivity contribution in [3.63, 3.8) is 0 Å². The fourth-order valence-corrected chi connectivity index (χ4v) is 1.50. The molecule has 0 aliphatic heterocycles. The third-order valence-electron chi connectivity index (χ3n) is 2.49. The number of allylic oxidation sites excluding steroid dienone is 2. The molecule has 93 valence electrons. The molecule has 0 fully saturated rings. The summed E-state index contributed by atoms with van der Waals surface area (Å²) < 4.78 is 29.2. The quantitative estimate of drug-likeness (QED) is 0.597. The molecule has 0 aromatic rings. The average molecular weight is 231 g/mol. The first-order valence-electron chi connectivity index (χ1n) is 5.65. The summed E-state index contributed by atoms with van der Waals surface area (Å²) in [5.41, 5.74) is -1.20. The number of ether oxygens (including phenoxy) is 3. The Balaban J connectivity index is 1.96. The highest BCUT2D eigenvalue weighted by atomic mass is 19.1. The Kier molecular flexibility index (Phi) is 6.61. The summed E-state index contributed by atoms with van der Waals surface area (Å²) in [6.07, 6.45) is 6.38. The highest BCUT2D eigenvalue weighted by molar-refractivity contribution is 4.94. The van der Waals surface area contributed by atoms with Crippen LogP contribution in [-0.4, -0.2) is 45.8 Å². The summed E-state index contributed by atoms with van der Waals surface area (Å²) in [6, 6.07) is 0. The summed E-state index contributed by atoms with van der Waals surface area (Å²) in [5, 5.41) is 0. The minimum absolute atomic E-state index is 0.152. The van der Waals surface area contributed by atoms with Gasteiger partial charge in [-0.25, -0.2) is 4.39 Å². The fraction of sp³-hybridized carbons (Fsp3) is 0.833. The lowest BCUT2D eigenvalue weighted by molar-refractivity contribution is -0.0220. The number of rotatable bonds is 8. The molecule has 3 nitrogen and oxygen atoms in total. The van der Waals surface area contributed by atoms with Gasteiger partial charge < -0.3 is 14.2 Å². The smallest absolute Gasteiger partial charge is 0.138 e. The van der Waals surface area contributed by atoms with Crippen molar-refractivity contribution in [2.75, 3.05) is 40.1 Å². The Morgan fingerprint density at radius 2 is 2.00 bits per heavy atom. The number of hydrogen-bond donors (Lipinski definition) is 0. The van der Waals surface area contributed by atoms with Crippen LogP contribution in [0.2, 0.25) is 0 Å². The average Bonchev–Trinajstić information content (AvgIpc) is 2.29. The molecule has 0 bridgehead atoms. The molecular formula is C12H20FO3. The van der Waals surface area contributed by atoms with Gasteiger partial charge in [0.2, 0.25) is 0 Å². The van der Waals surface area contributed by atoms with E-state index in [-0.39, 0.29) is 6.61 Å². The Morgan fingerprint density at radius 1 is 1.25 bits per heavy atom. The van der Waals surface area contributed by atoms with Gasteiger partial charge in [0.25, 0.3) is 0 Å². The van der Waals surface area contributed by atoms with E-state index >= 15 is 0 Å². The zero-order valence-corrected chi connectivity index (χ0v) is 9.84. The maximum absolute atomic E-state index is 13.9. The molecule has 16 heavy (non-hydrogen) atoms. The minimum atomic E-state index is -1.20. The molecule has 0 unspecified atom stereocenters. The predicted molar refractivity (Wildman–Crippen MR) is 59.0 cm³/mol. The van der Waals surface area contributed by atoms with Gasteiger partial charge in [0.1, 0.15) is 5.67 Å². The fourth-order valence-electron chi connectivity index (χ4n) is 1.50. The van der Waals surface area contributed by atoms with E-state index in [1.54, 1.807) is 13.2 Å². The van der Waals surface area contributed by atoms with Crippen molar-refractivity contribution in [3.05, 3.63) is 12.2 Å². The van der Waals surface area contributed by atoms with Gasteiger partial charge in [-0.15, -0.1) is 0 Å². The van der Waals surface area contributed by atoms with Crippen LogP contribution in [-0.2, 0) is 14.2 Å². The third-order valence-corrected chi connectivity index (χ3v) is 2.49. The molecule has 0 saturated carbocycles. The van der Waals surface area contributed by atoms with Gasteiger partial charge in [-0.05, 0) is 18.9 Å². The van der Waals surface area contributed by atoms with Crippen molar-refractivity contribution in [2.45, 2.75) is 24.9 Å². The first-order valence-corrected chi connectivity index (χ1v) is 5.65. The molecule has 0 saturated heterocycles. The van der Waals surface area contributed by atoms with Gasteiger partial charge in [-0.3, -0.25) is 0 Å². The molecule has 1 aliphatic rings. The van der Waals surface area contributed by atoms with Crippen molar-refractivity contribution in [3.8, 4) is 0 Å². The lowest BCUT2D eigenvalue weighted by Gasteiger charge is -2.25. The molecule has 0 N–H and O–H groups in total. The lowest BCUT2D eigenvalue weighted by atomic mass is 9.92. The summed E-state index contributed by atoms with van der Waals surface area (Å²) in [4.78, 5) is 0. The number of hydrogen-bond acceptors (Lipinski definition) is 3. The van der Waals surface area contributed by atoms with E-state index in [2.05, 4.69) is 6.08 Å². The van der Waals surface area contributed by atoms with E-state index in [0.717, 1.165) is 0 Å². The van der Waals surface area contributed by atoms with Gasteiger partial charge in [-0.1, -0.05) is 6.08 Å². The van der Waals surface area contributed by atoms with Crippen LogP contribution in [0.25, 0.3) is 0 Å². The van der Waals surface area contributed by atoms with Gasteiger partial charge in [0.15, 0.2) is 0 Å². The molecule has 1 aliphatic carbocycles. The normalized spacial score (nSPS) is 24.9. The zero-order chi connectivity index (χ0) is 11.7. The Morgan fingerprint density at radius 3 is 2.69 bits per heavy atom. The number of halogens is 1. The van der Waals surface area contributed by atoms with Gasteiger partial charge in [-0.2, -0.15) is 0 Å². The standard InChI is InChI=1S/C12H20FO3/c1-14-7-8-15-9-10-16-11-12(13)5-3-2-4-6-12/h3H,4-11H2,1H3/t12-/m1/s1. The van der Waals surface area contributed by atoms with Crippen LogP contribution >= 0.6 is 0 Å². The Bertz CT molecular complexity index is 208. The van der Waals surface area contributed by atoms with Crippen molar-refractivity contribution in [2.24, 2.45) is 0 Å². The molecule has 4 heteroatoms. The van der Waals surface area contributed by atoms with Crippen molar-refractivity contribution in [1.82, 2.24) is 0 Å². The van der Waals surface area contributed by atoms with Crippen LogP contribution in [0.1, 0.15) is 19.3 Å². The second-order valence-electron chi connectivity index (χ2n) is 3.92. The van der Waals surface area contributed by atoms with Crippen LogP contribution < -0.4 is 0 Å². The summed E-state index contributed by atoms with van der Waals surface area (Å²) >= 11 is 0. The summed E-state index contributed by atoms with van der Waals surface area (Å²) in [5.74, 6) is 0. The Hall–Kier alpha value is -0.450. The topological polar surface area (TPSA) is 27.7 Å². The highest BCUT2D eigenvalue weighted by Crippen LogP contribution is 2.27. The van der Waals surface area contributed by atoms with Crippen molar-refractivity contribution in [1.29, 1.82) is 0 Å². The van der Waals surface area contributed by atoms with Gasteiger partial charge in [0.05, 0.1) is 33.0 Å². The molecule has 1 rings (SSSR count). The molecule has 0 aromatic heterocycles. The minimum Gasteiger partial charge on any atom is -0.382 e. The van der Waals surface area contributed by atoms with Crippen LogP contribution in [0, 0.1) is 6.08 Å². The van der Waals surface area contributed by atoms with Crippen LogP contribution in [0.3, 0.4) is 0 Å². The monoisotopic (exact) mass is 231 g/mol. The molecule has 0 heterocycles.